The van der Waals surface area contributed by atoms with E-state index < -0.39 is 10.0 Å². The van der Waals surface area contributed by atoms with E-state index in [1.54, 1.807) is 24.3 Å². The first-order valence-corrected chi connectivity index (χ1v) is 9.72. The SMILES string of the molecule is Cc1ccc(S(=O)(=O)NCc2ccccc2-c2ccc(Cl)cc2)cc1. The van der Waals surface area contributed by atoms with Crippen LogP contribution >= 0.6 is 11.6 Å². The first-order chi connectivity index (χ1) is 12.0. The van der Waals surface area contributed by atoms with Crippen LogP contribution in [0.1, 0.15) is 11.1 Å². The highest BCUT2D eigenvalue weighted by Crippen LogP contribution is 2.25. The molecule has 0 saturated heterocycles. The molecule has 0 saturated carbocycles. The zero-order valence-corrected chi connectivity index (χ0v) is 15.3. The quantitative estimate of drug-likeness (QED) is 0.700. The highest BCUT2D eigenvalue weighted by Gasteiger charge is 2.14. The van der Waals surface area contributed by atoms with Crippen LogP contribution in [-0.4, -0.2) is 8.42 Å². The normalized spacial score (nSPS) is 11.4. The molecule has 0 fully saturated rings. The smallest absolute Gasteiger partial charge is 0.207 e. The number of aryl methyl sites for hydroxylation is 1. The largest absolute Gasteiger partial charge is 0.240 e. The van der Waals surface area contributed by atoms with Gasteiger partial charge in [-0.15, -0.1) is 0 Å². The molecule has 0 bridgehead atoms. The van der Waals surface area contributed by atoms with E-state index in [2.05, 4.69) is 4.72 Å². The summed E-state index contributed by atoms with van der Waals surface area (Å²) in [6, 6.07) is 22.0. The van der Waals surface area contributed by atoms with Crippen molar-refractivity contribution in [2.45, 2.75) is 18.4 Å². The van der Waals surface area contributed by atoms with Gasteiger partial charge in [-0.05, 0) is 47.9 Å². The summed E-state index contributed by atoms with van der Waals surface area (Å²) in [5, 5.41) is 0.668. The summed E-state index contributed by atoms with van der Waals surface area (Å²) in [7, 11) is -3.55. The average molecular weight is 372 g/mol. The van der Waals surface area contributed by atoms with Crippen LogP contribution in [0, 0.1) is 6.92 Å². The van der Waals surface area contributed by atoms with Gasteiger partial charge >= 0.3 is 0 Å². The van der Waals surface area contributed by atoms with Crippen LogP contribution < -0.4 is 4.72 Å². The van der Waals surface area contributed by atoms with Crippen LogP contribution in [0.15, 0.2) is 77.7 Å². The number of hydrogen-bond acceptors (Lipinski definition) is 2. The number of hydrogen-bond donors (Lipinski definition) is 1. The Kier molecular flexibility index (Phi) is 5.23. The summed E-state index contributed by atoms with van der Waals surface area (Å²) in [6.07, 6.45) is 0. The maximum atomic E-state index is 12.5. The molecular weight excluding hydrogens is 354 g/mol. The maximum absolute atomic E-state index is 12.5. The lowest BCUT2D eigenvalue weighted by Gasteiger charge is -2.12. The van der Waals surface area contributed by atoms with Crippen LogP contribution in [0.5, 0.6) is 0 Å². The molecule has 0 aliphatic rings. The molecule has 0 radical (unpaired) electrons. The van der Waals surface area contributed by atoms with Gasteiger partial charge in [-0.1, -0.05) is 65.7 Å². The zero-order chi connectivity index (χ0) is 17.9. The Balaban J connectivity index is 1.84. The van der Waals surface area contributed by atoms with Crippen LogP contribution in [0.3, 0.4) is 0 Å². The van der Waals surface area contributed by atoms with Gasteiger partial charge in [0.05, 0.1) is 4.90 Å². The molecular formula is C20H18ClNO2S. The lowest BCUT2D eigenvalue weighted by atomic mass is 10.00. The third-order valence-electron chi connectivity index (χ3n) is 3.96. The molecule has 0 spiro atoms. The van der Waals surface area contributed by atoms with Gasteiger partial charge in [0.1, 0.15) is 0 Å². The van der Waals surface area contributed by atoms with Gasteiger partial charge in [-0.25, -0.2) is 13.1 Å². The van der Waals surface area contributed by atoms with E-state index in [0.717, 1.165) is 22.3 Å². The number of rotatable bonds is 5. The molecule has 0 amide bonds. The molecule has 0 aliphatic carbocycles. The lowest BCUT2D eigenvalue weighted by Crippen LogP contribution is -2.23. The molecule has 3 aromatic rings. The molecule has 3 nitrogen and oxygen atoms in total. The molecule has 3 rings (SSSR count). The topological polar surface area (TPSA) is 46.2 Å². The number of halogens is 1. The minimum absolute atomic E-state index is 0.217. The van der Waals surface area contributed by atoms with E-state index in [4.69, 9.17) is 11.6 Å². The van der Waals surface area contributed by atoms with Gasteiger partial charge in [-0.2, -0.15) is 0 Å². The molecule has 0 unspecified atom stereocenters. The van der Waals surface area contributed by atoms with Crippen molar-refractivity contribution in [1.82, 2.24) is 4.72 Å². The third kappa shape index (κ3) is 4.28. The van der Waals surface area contributed by atoms with Crippen LogP contribution in [0.4, 0.5) is 0 Å². The fraction of sp³-hybridized carbons (Fsp3) is 0.100. The van der Waals surface area contributed by atoms with Gasteiger partial charge < -0.3 is 0 Å². The minimum atomic E-state index is -3.55. The molecule has 3 aromatic carbocycles. The Labute approximate surface area is 153 Å². The van der Waals surface area contributed by atoms with Crippen molar-refractivity contribution in [3.05, 3.63) is 88.9 Å². The van der Waals surface area contributed by atoms with Gasteiger partial charge in [0, 0.05) is 11.6 Å². The number of nitrogens with one attached hydrogen (secondary N) is 1. The molecule has 25 heavy (non-hydrogen) atoms. The van der Waals surface area contributed by atoms with E-state index in [1.807, 2.05) is 55.5 Å². The van der Waals surface area contributed by atoms with Crippen molar-refractivity contribution in [1.29, 1.82) is 0 Å². The van der Waals surface area contributed by atoms with Gasteiger partial charge in [0.2, 0.25) is 10.0 Å². The summed E-state index contributed by atoms with van der Waals surface area (Å²) in [4.78, 5) is 0.266. The summed E-state index contributed by atoms with van der Waals surface area (Å²) in [6.45, 7) is 2.14. The van der Waals surface area contributed by atoms with Gasteiger partial charge in [0.25, 0.3) is 0 Å². The lowest BCUT2D eigenvalue weighted by molar-refractivity contribution is 0.581. The second-order valence-corrected chi connectivity index (χ2v) is 8.01. The van der Waals surface area contributed by atoms with Crippen LogP contribution in [-0.2, 0) is 16.6 Å². The molecule has 5 heteroatoms. The molecule has 0 heterocycles. The monoisotopic (exact) mass is 371 g/mol. The van der Waals surface area contributed by atoms with E-state index in [0.29, 0.717) is 5.02 Å². The highest BCUT2D eigenvalue weighted by molar-refractivity contribution is 7.89. The van der Waals surface area contributed by atoms with E-state index in [9.17, 15) is 8.42 Å². The number of benzene rings is 3. The molecule has 128 valence electrons. The van der Waals surface area contributed by atoms with Crippen molar-refractivity contribution < 1.29 is 8.42 Å². The van der Waals surface area contributed by atoms with Gasteiger partial charge in [0.15, 0.2) is 0 Å². The first-order valence-electron chi connectivity index (χ1n) is 7.86. The summed E-state index contributed by atoms with van der Waals surface area (Å²) >= 11 is 5.95. The Bertz CT molecular complexity index is 965. The van der Waals surface area contributed by atoms with Crippen LogP contribution in [0.2, 0.25) is 5.02 Å². The number of sulfonamides is 1. The van der Waals surface area contributed by atoms with Crippen LogP contribution in [0.25, 0.3) is 11.1 Å². The van der Waals surface area contributed by atoms with Crippen molar-refractivity contribution in [3.63, 3.8) is 0 Å². The third-order valence-corrected chi connectivity index (χ3v) is 5.63. The Hall–Kier alpha value is -2.14. The Morgan fingerprint density at radius 2 is 1.52 bits per heavy atom. The fourth-order valence-corrected chi connectivity index (χ4v) is 3.69. The molecule has 0 aliphatic heterocycles. The Morgan fingerprint density at radius 1 is 0.880 bits per heavy atom. The predicted octanol–water partition coefficient (Wildman–Crippen LogP) is 4.79. The summed E-state index contributed by atoms with van der Waals surface area (Å²) < 4.78 is 27.6. The highest BCUT2D eigenvalue weighted by atomic mass is 35.5. The molecule has 0 atom stereocenters. The Morgan fingerprint density at radius 3 is 2.20 bits per heavy atom. The second kappa shape index (κ2) is 7.40. The minimum Gasteiger partial charge on any atom is -0.207 e. The molecule has 0 aromatic heterocycles. The fourth-order valence-electron chi connectivity index (χ4n) is 2.56. The van der Waals surface area contributed by atoms with Crippen molar-refractivity contribution >= 4 is 21.6 Å². The maximum Gasteiger partial charge on any atom is 0.240 e. The van der Waals surface area contributed by atoms with E-state index in [-0.39, 0.29) is 11.4 Å². The standard InChI is InChI=1S/C20H18ClNO2S/c1-15-6-12-19(13-7-15)25(23,24)22-14-17-4-2-3-5-20(17)16-8-10-18(21)11-9-16/h2-13,22H,14H2,1H3. The summed E-state index contributed by atoms with van der Waals surface area (Å²) in [5.74, 6) is 0. The first kappa shape index (κ1) is 17.7. The van der Waals surface area contributed by atoms with E-state index in [1.165, 1.54) is 0 Å². The second-order valence-electron chi connectivity index (χ2n) is 5.80. The average Bonchev–Trinajstić information content (AvgIpc) is 2.61. The van der Waals surface area contributed by atoms with Crippen molar-refractivity contribution in [2.75, 3.05) is 0 Å². The van der Waals surface area contributed by atoms with Crippen molar-refractivity contribution in [2.24, 2.45) is 0 Å². The molecule has 1 N–H and O–H groups in total. The van der Waals surface area contributed by atoms with Crippen molar-refractivity contribution in [3.8, 4) is 11.1 Å². The summed E-state index contributed by atoms with van der Waals surface area (Å²) in [5.41, 5.74) is 3.90. The van der Waals surface area contributed by atoms with Gasteiger partial charge in [-0.3, -0.25) is 0 Å². The predicted molar refractivity (Wildman–Crippen MR) is 102 cm³/mol. The van der Waals surface area contributed by atoms with E-state index >= 15 is 0 Å². The zero-order valence-electron chi connectivity index (χ0n) is 13.7.